The summed E-state index contributed by atoms with van der Waals surface area (Å²) in [5, 5.41) is 0. The summed E-state index contributed by atoms with van der Waals surface area (Å²) in [6, 6.07) is 0. The zero-order valence-electron chi connectivity index (χ0n) is 17.2. The number of unbranched alkanes of at least 4 members (excludes halogenated alkanes) is 3. The van der Waals surface area contributed by atoms with Crippen molar-refractivity contribution in [3.8, 4) is 0 Å². The molecule has 0 radical (unpaired) electrons. The third-order valence-corrected chi connectivity index (χ3v) is 6.38. The molecule has 0 aliphatic heterocycles. The predicted octanol–water partition coefficient (Wildman–Crippen LogP) is 3.89. The Hall–Kier alpha value is -1.31. The van der Waals surface area contributed by atoms with Crippen molar-refractivity contribution in [3.05, 3.63) is 17.1 Å². The maximum atomic E-state index is 11.9. The van der Waals surface area contributed by atoms with Gasteiger partial charge in [0.2, 0.25) is 0 Å². The smallest absolute Gasteiger partial charge is 0.151 e. The fourth-order valence-corrected chi connectivity index (χ4v) is 4.55. The van der Waals surface area contributed by atoms with Crippen LogP contribution in [0, 0.1) is 13.8 Å². The maximum absolute atomic E-state index is 11.9. The molecule has 0 aromatic carbocycles. The van der Waals surface area contributed by atoms with Crippen LogP contribution in [0.15, 0.2) is 0 Å². The molecule has 2 rings (SSSR count). The summed E-state index contributed by atoms with van der Waals surface area (Å²) in [7, 11) is 0. The van der Waals surface area contributed by atoms with Gasteiger partial charge in [-0.05, 0) is 52.0 Å². The number of fused-ring (bicyclic) bond motifs is 1. The second-order valence-electron chi connectivity index (χ2n) is 6.98. The van der Waals surface area contributed by atoms with Crippen LogP contribution in [0.1, 0.15) is 63.0 Å². The first kappa shape index (κ1) is 22.0. The van der Waals surface area contributed by atoms with Crippen molar-refractivity contribution in [1.29, 1.82) is 0 Å². The van der Waals surface area contributed by atoms with E-state index in [4.69, 9.17) is 15.5 Å². The van der Waals surface area contributed by atoms with Crippen molar-refractivity contribution in [2.45, 2.75) is 73.0 Å². The van der Waals surface area contributed by atoms with E-state index in [1.54, 1.807) is 0 Å². The Morgan fingerprint density at radius 1 is 1.07 bits per heavy atom. The van der Waals surface area contributed by atoms with Crippen LogP contribution in [0.25, 0.3) is 11.0 Å². The topological polar surface area (TPSA) is 89.0 Å². The SMILES string of the molecule is CCCC[S+]([O-])CCCCCn1c(COCC)nc2c(N)nc(C)c(C)c21. The van der Waals surface area contributed by atoms with Gasteiger partial charge in [0.25, 0.3) is 0 Å². The van der Waals surface area contributed by atoms with E-state index in [9.17, 15) is 4.55 Å². The van der Waals surface area contributed by atoms with E-state index in [-0.39, 0.29) is 0 Å². The largest absolute Gasteiger partial charge is 0.616 e. The summed E-state index contributed by atoms with van der Waals surface area (Å²) < 4.78 is 19.8. The molecule has 0 fully saturated rings. The highest BCUT2D eigenvalue weighted by Gasteiger charge is 2.17. The van der Waals surface area contributed by atoms with E-state index in [1.807, 2.05) is 13.8 Å². The Bertz CT molecular complexity index is 733. The molecule has 7 heteroatoms. The van der Waals surface area contributed by atoms with E-state index in [1.165, 1.54) is 0 Å². The highest BCUT2D eigenvalue weighted by Crippen LogP contribution is 2.27. The third-order valence-electron chi connectivity index (χ3n) is 4.89. The molecule has 1 atom stereocenters. The van der Waals surface area contributed by atoms with E-state index in [2.05, 4.69) is 23.4 Å². The first-order chi connectivity index (χ1) is 13.0. The lowest BCUT2D eigenvalue weighted by atomic mass is 10.2. The lowest BCUT2D eigenvalue weighted by Gasteiger charge is -2.13. The third kappa shape index (κ3) is 5.83. The number of nitrogen functional groups attached to an aromatic ring is 1. The van der Waals surface area contributed by atoms with Gasteiger partial charge in [0.1, 0.15) is 29.5 Å². The molecule has 2 heterocycles. The maximum Gasteiger partial charge on any atom is 0.151 e. The first-order valence-electron chi connectivity index (χ1n) is 10.0. The molecular weight excluding hydrogens is 360 g/mol. The molecule has 0 aliphatic rings. The van der Waals surface area contributed by atoms with Gasteiger partial charge in [-0.15, -0.1) is 0 Å². The summed E-state index contributed by atoms with van der Waals surface area (Å²) >= 11 is -0.665. The molecule has 0 saturated carbocycles. The van der Waals surface area contributed by atoms with Gasteiger partial charge in [0.15, 0.2) is 5.82 Å². The van der Waals surface area contributed by atoms with Crippen LogP contribution in [-0.2, 0) is 29.1 Å². The van der Waals surface area contributed by atoms with Gasteiger partial charge in [-0.25, -0.2) is 9.97 Å². The van der Waals surface area contributed by atoms with Crippen LogP contribution in [0.4, 0.5) is 5.82 Å². The van der Waals surface area contributed by atoms with Gasteiger partial charge in [-0.1, -0.05) is 24.5 Å². The normalized spacial score (nSPS) is 12.8. The fraction of sp³-hybridized carbons (Fsp3) is 0.700. The molecule has 0 amide bonds. The minimum Gasteiger partial charge on any atom is -0.616 e. The molecule has 2 N–H and O–H groups in total. The van der Waals surface area contributed by atoms with Crippen molar-refractivity contribution < 1.29 is 9.29 Å². The molecule has 152 valence electrons. The predicted molar refractivity (Wildman–Crippen MR) is 113 cm³/mol. The Morgan fingerprint density at radius 2 is 1.81 bits per heavy atom. The Labute approximate surface area is 166 Å². The average molecular weight is 395 g/mol. The summed E-state index contributed by atoms with van der Waals surface area (Å²) in [5.41, 5.74) is 10.0. The Balaban J connectivity index is 2.06. The number of aromatic nitrogens is 3. The van der Waals surface area contributed by atoms with Crippen molar-refractivity contribution in [2.75, 3.05) is 23.8 Å². The Morgan fingerprint density at radius 3 is 2.52 bits per heavy atom. The molecule has 0 saturated heterocycles. The molecular formula is C20H34N4O2S. The number of hydrogen-bond acceptors (Lipinski definition) is 5. The van der Waals surface area contributed by atoms with E-state index >= 15 is 0 Å². The quantitative estimate of drug-likeness (QED) is 0.436. The van der Waals surface area contributed by atoms with E-state index in [0.29, 0.717) is 19.0 Å². The first-order valence-corrected chi connectivity index (χ1v) is 11.5. The van der Waals surface area contributed by atoms with Crippen molar-refractivity contribution >= 4 is 28.0 Å². The number of rotatable bonds is 12. The summed E-state index contributed by atoms with van der Waals surface area (Å²) in [5.74, 6) is 3.04. The van der Waals surface area contributed by atoms with Crippen molar-refractivity contribution in [3.63, 3.8) is 0 Å². The Kier molecular flexibility index (Phi) is 8.86. The molecule has 0 spiro atoms. The lowest BCUT2D eigenvalue weighted by Crippen LogP contribution is -2.11. The van der Waals surface area contributed by atoms with Gasteiger partial charge >= 0.3 is 0 Å². The lowest BCUT2D eigenvalue weighted by molar-refractivity contribution is 0.126. The van der Waals surface area contributed by atoms with Gasteiger partial charge in [-0.2, -0.15) is 0 Å². The number of nitrogens with two attached hydrogens (primary N) is 1. The van der Waals surface area contributed by atoms with Gasteiger partial charge in [-0.3, -0.25) is 0 Å². The summed E-state index contributed by atoms with van der Waals surface area (Å²) in [4.78, 5) is 9.13. The molecule has 2 aromatic heterocycles. The summed E-state index contributed by atoms with van der Waals surface area (Å²) in [6.45, 7) is 10.2. The second kappa shape index (κ2) is 10.9. The number of pyridine rings is 1. The molecule has 0 bridgehead atoms. The monoisotopic (exact) mass is 394 g/mol. The van der Waals surface area contributed by atoms with E-state index < -0.39 is 11.2 Å². The zero-order chi connectivity index (χ0) is 19.8. The number of ether oxygens (including phenoxy) is 1. The summed E-state index contributed by atoms with van der Waals surface area (Å²) in [6.07, 6.45) is 5.26. The van der Waals surface area contributed by atoms with Crippen LogP contribution >= 0.6 is 0 Å². The molecule has 27 heavy (non-hydrogen) atoms. The van der Waals surface area contributed by atoms with Crippen LogP contribution in [0.3, 0.4) is 0 Å². The number of nitrogens with zero attached hydrogens (tertiary/aromatic N) is 3. The number of hydrogen-bond donors (Lipinski definition) is 1. The minimum absolute atomic E-state index is 0.476. The molecule has 2 aromatic rings. The van der Waals surface area contributed by atoms with Crippen molar-refractivity contribution in [1.82, 2.24) is 14.5 Å². The standard InChI is InChI=1S/C20H34N4O2S/c1-5-7-12-27(25)13-10-8-9-11-24-17(14-26-6-2)23-18-19(24)15(3)16(4)22-20(18)21/h5-14H2,1-4H3,(H2,21,22). The minimum atomic E-state index is -0.665. The van der Waals surface area contributed by atoms with Crippen LogP contribution < -0.4 is 5.73 Å². The fourth-order valence-electron chi connectivity index (χ4n) is 3.21. The highest BCUT2D eigenvalue weighted by molar-refractivity contribution is 7.91. The second-order valence-corrected chi connectivity index (χ2v) is 8.68. The number of aryl methyl sites for hydroxylation is 3. The number of anilines is 1. The van der Waals surface area contributed by atoms with Gasteiger partial charge in [0, 0.05) is 18.8 Å². The molecule has 6 nitrogen and oxygen atoms in total. The molecule has 0 aliphatic carbocycles. The van der Waals surface area contributed by atoms with Gasteiger partial charge in [0.05, 0.1) is 5.52 Å². The van der Waals surface area contributed by atoms with Crippen LogP contribution in [-0.4, -0.2) is 37.2 Å². The van der Waals surface area contributed by atoms with Crippen molar-refractivity contribution in [2.24, 2.45) is 0 Å². The van der Waals surface area contributed by atoms with Gasteiger partial charge < -0.3 is 19.6 Å². The molecule has 1 unspecified atom stereocenters. The number of imidazole rings is 1. The van der Waals surface area contributed by atoms with E-state index in [0.717, 1.165) is 78.3 Å². The average Bonchev–Trinajstić information content (AvgIpc) is 3.01. The van der Waals surface area contributed by atoms with Crippen LogP contribution in [0.5, 0.6) is 0 Å². The zero-order valence-corrected chi connectivity index (χ0v) is 18.0. The van der Waals surface area contributed by atoms with Crippen LogP contribution in [0.2, 0.25) is 0 Å². The highest BCUT2D eigenvalue weighted by atomic mass is 32.2.